The van der Waals surface area contributed by atoms with E-state index in [1.165, 1.54) is 4.68 Å². The van der Waals surface area contributed by atoms with Crippen LogP contribution in [0.15, 0.2) is 6.20 Å². The van der Waals surface area contributed by atoms with Crippen molar-refractivity contribution in [2.75, 3.05) is 0 Å². The van der Waals surface area contributed by atoms with E-state index in [1.807, 2.05) is 13.8 Å². The summed E-state index contributed by atoms with van der Waals surface area (Å²) in [6, 6.07) is 0. The lowest BCUT2D eigenvalue weighted by molar-refractivity contribution is -0.137. The zero-order chi connectivity index (χ0) is 8.43. The number of carboxylic acid groups (broad SMARTS) is 1. The van der Waals surface area contributed by atoms with Gasteiger partial charge < -0.3 is 5.11 Å². The average molecular weight is 154 g/mol. The molecule has 0 radical (unpaired) electrons. The molecule has 1 heterocycles. The van der Waals surface area contributed by atoms with Gasteiger partial charge >= 0.3 is 5.97 Å². The van der Waals surface area contributed by atoms with E-state index < -0.39 is 5.97 Å². The quantitative estimate of drug-likeness (QED) is 0.678. The van der Waals surface area contributed by atoms with Crippen LogP contribution >= 0.6 is 0 Å². The first-order chi connectivity index (χ1) is 5.11. The number of hydrogen-bond acceptors (Lipinski definition) is 2. The van der Waals surface area contributed by atoms with E-state index in [2.05, 4.69) is 5.10 Å². The standard InChI is InChI=1S/C7H10N2O2/c1-5-3-8-9(6(5)2)4-7(10)11/h3H,4H2,1-2H3,(H,10,11). The fourth-order valence-corrected chi connectivity index (χ4v) is 0.827. The molecule has 1 aromatic heterocycles. The fourth-order valence-electron chi connectivity index (χ4n) is 0.827. The van der Waals surface area contributed by atoms with Gasteiger partial charge in [0.2, 0.25) is 0 Å². The van der Waals surface area contributed by atoms with Crippen molar-refractivity contribution in [1.82, 2.24) is 9.78 Å². The van der Waals surface area contributed by atoms with Crippen LogP contribution in [-0.4, -0.2) is 20.9 Å². The number of aliphatic carboxylic acids is 1. The second-order valence-electron chi connectivity index (χ2n) is 2.46. The molecule has 0 aliphatic heterocycles. The van der Waals surface area contributed by atoms with Crippen LogP contribution in [-0.2, 0) is 11.3 Å². The molecule has 4 heteroatoms. The smallest absolute Gasteiger partial charge is 0.325 e. The molecule has 0 atom stereocenters. The number of nitrogens with zero attached hydrogens (tertiary/aromatic N) is 2. The van der Waals surface area contributed by atoms with Gasteiger partial charge in [-0.05, 0) is 19.4 Å². The maximum absolute atomic E-state index is 10.3. The Balaban J connectivity index is 2.87. The van der Waals surface area contributed by atoms with E-state index in [-0.39, 0.29) is 6.54 Å². The van der Waals surface area contributed by atoms with Crippen molar-refractivity contribution in [3.8, 4) is 0 Å². The minimum absolute atomic E-state index is 0.0559. The van der Waals surface area contributed by atoms with Gasteiger partial charge in [-0.2, -0.15) is 5.10 Å². The Hall–Kier alpha value is -1.32. The molecule has 0 aliphatic carbocycles. The molecule has 0 fully saturated rings. The van der Waals surface area contributed by atoms with Gasteiger partial charge in [0.25, 0.3) is 0 Å². The van der Waals surface area contributed by atoms with Crippen LogP contribution in [0.25, 0.3) is 0 Å². The second kappa shape index (κ2) is 2.74. The summed E-state index contributed by atoms with van der Waals surface area (Å²) in [5.74, 6) is -0.865. The molecule has 0 aliphatic rings. The molecule has 0 saturated carbocycles. The Morgan fingerprint density at radius 1 is 1.73 bits per heavy atom. The summed E-state index contributed by atoms with van der Waals surface area (Å²) in [7, 11) is 0. The predicted molar refractivity (Wildman–Crippen MR) is 39.3 cm³/mol. The Morgan fingerprint density at radius 2 is 2.36 bits per heavy atom. The van der Waals surface area contributed by atoms with Crippen LogP contribution in [0.4, 0.5) is 0 Å². The molecule has 0 unspecified atom stereocenters. The first-order valence-corrected chi connectivity index (χ1v) is 3.32. The molecular weight excluding hydrogens is 144 g/mol. The average Bonchev–Trinajstić information content (AvgIpc) is 2.18. The van der Waals surface area contributed by atoms with Gasteiger partial charge in [0, 0.05) is 5.69 Å². The van der Waals surface area contributed by atoms with Crippen LogP contribution in [0.3, 0.4) is 0 Å². The zero-order valence-electron chi connectivity index (χ0n) is 6.53. The van der Waals surface area contributed by atoms with Crippen LogP contribution in [0.2, 0.25) is 0 Å². The van der Waals surface area contributed by atoms with Gasteiger partial charge in [-0.25, -0.2) is 0 Å². The van der Waals surface area contributed by atoms with Crippen molar-refractivity contribution in [2.45, 2.75) is 20.4 Å². The highest BCUT2D eigenvalue weighted by Gasteiger charge is 2.04. The van der Waals surface area contributed by atoms with Crippen molar-refractivity contribution in [3.63, 3.8) is 0 Å². The Morgan fingerprint density at radius 3 is 2.73 bits per heavy atom. The third-order valence-corrected chi connectivity index (χ3v) is 1.63. The molecule has 0 aromatic carbocycles. The highest BCUT2D eigenvalue weighted by molar-refractivity contribution is 5.66. The van der Waals surface area contributed by atoms with Crippen molar-refractivity contribution < 1.29 is 9.90 Å². The van der Waals surface area contributed by atoms with Gasteiger partial charge in [0.1, 0.15) is 6.54 Å². The summed E-state index contributed by atoms with van der Waals surface area (Å²) in [4.78, 5) is 10.3. The van der Waals surface area contributed by atoms with Crippen molar-refractivity contribution in [3.05, 3.63) is 17.5 Å². The van der Waals surface area contributed by atoms with Gasteiger partial charge in [0.05, 0.1) is 6.20 Å². The molecular formula is C7H10N2O2. The third-order valence-electron chi connectivity index (χ3n) is 1.63. The van der Waals surface area contributed by atoms with Crippen LogP contribution in [0.5, 0.6) is 0 Å². The second-order valence-corrected chi connectivity index (χ2v) is 2.46. The molecule has 1 rings (SSSR count). The normalized spacial score (nSPS) is 10.0. The summed E-state index contributed by atoms with van der Waals surface area (Å²) >= 11 is 0. The largest absolute Gasteiger partial charge is 0.480 e. The number of aromatic nitrogens is 2. The monoisotopic (exact) mass is 154 g/mol. The Bertz CT molecular complexity index is 278. The lowest BCUT2D eigenvalue weighted by Gasteiger charge is -1.98. The molecule has 60 valence electrons. The maximum atomic E-state index is 10.3. The maximum Gasteiger partial charge on any atom is 0.325 e. The molecule has 0 amide bonds. The Kier molecular flexibility index (Phi) is 1.94. The molecule has 11 heavy (non-hydrogen) atoms. The SMILES string of the molecule is Cc1cnn(CC(=O)O)c1C. The topological polar surface area (TPSA) is 55.1 Å². The summed E-state index contributed by atoms with van der Waals surface area (Å²) in [5.41, 5.74) is 1.93. The lowest BCUT2D eigenvalue weighted by atomic mass is 10.3. The van der Waals surface area contributed by atoms with E-state index >= 15 is 0 Å². The van der Waals surface area contributed by atoms with Gasteiger partial charge in [-0.3, -0.25) is 9.48 Å². The van der Waals surface area contributed by atoms with E-state index in [4.69, 9.17) is 5.11 Å². The highest BCUT2D eigenvalue weighted by atomic mass is 16.4. The minimum Gasteiger partial charge on any atom is -0.480 e. The molecule has 0 bridgehead atoms. The van der Waals surface area contributed by atoms with Crippen molar-refractivity contribution >= 4 is 5.97 Å². The number of rotatable bonds is 2. The lowest BCUT2D eigenvalue weighted by Crippen LogP contribution is -2.11. The van der Waals surface area contributed by atoms with E-state index in [9.17, 15) is 4.79 Å². The van der Waals surface area contributed by atoms with Crippen molar-refractivity contribution in [2.24, 2.45) is 0 Å². The van der Waals surface area contributed by atoms with Crippen LogP contribution < -0.4 is 0 Å². The fraction of sp³-hybridized carbons (Fsp3) is 0.429. The molecule has 1 N–H and O–H groups in total. The van der Waals surface area contributed by atoms with E-state index in [0.29, 0.717) is 0 Å². The molecule has 4 nitrogen and oxygen atoms in total. The van der Waals surface area contributed by atoms with Crippen LogP contribution in [0, 0.1) is 13.8 Å². The first kappa shape index (κ1) is 7.78. The molecule has 0 spiro atoms. The number of carbonyl (C=O) groups is 1. The number of carboxylic acids is 1. The van der Waals surface area contributed by atoms with Gasteiger partial charge in [0.15, 0.2) is 0 Å². The molecule has 0 saturated heterocycles. The summed E-state index contributed by atoms with van der Waals surface area (Å²) < 4.78 is 1.47. The summed E-state index contributed by atoms with van der Waals surface area (Å²) in [6.07, 6.45) is 1.66. The van der Waals surface area contributed by atoms with Crippen molar-refractivity contribution in [1.29, 1.82) is 0 Å². The van der Waals surface area contributed by atoms with Gasteiger partial charge in [-0.1, -0.05) is 0 Å². The van der Waals surface area contributed by atoms with Gasteiger partial charge in [-0.15, -0.1) is 0 Å². The van der Waals surface area contributed by atoms with Crippen LogP contribution in [0.1, 0.15) is 11.3 Å². The van der Waals surface area contributed by atoms with E-state index in [1.54, 1.807) is 6.20 Å². The van der Waals surface area contributed by atoms with E-state index in [0.717, 1.165) is 11.3 Å². The summed E-state index contributed by atoms with van der Waals surface area (Å²) in [5, 5.41) is 12.3. The third kappa shape index (κ3) is 1.58. The first-order valence-electron chi connectivity index (χ1n) is 3.32. The highest BCUT2D eigenvalue weighted by Crippen LogP contribution is 2.03. The Labute approximate surface area is 64.5 Å². The predicted octanol–water partition coefficient (Wildman–Crippen LogP) is 0.585. The number of aryl methyl sites for hydroxylation is 1. The molecule has 1 aromatic rings. The number of hydrogen-bond donors (Lipinski definition) is 1. The summed E-state index contributed by atoms with van der Waals surface area (Å²) in [6.45, 7) is 3.70. The minimum atomic E-state index is -0.865. The zero-order valence-corrected chi connectivity index (χ0v) is 6.53.